The van der Waals surface area contributed by atoms with Gasteiger partial charge in [-0.1, -0.05) is 42.3 Å². The van der Waals surface area contributed by atoms with Gasteiger partial charge in [0, 0.05) is 28.2 Å². The van der Waals surface area contributed by atoms with Gasteiger partial charge in [-0.15, -0.1) is 0 Å². The molecular weight excluding hydrogens is 437 g/mol. The van der Waals surface area contributed by atoms with Crippen LogP contribution in [0.5, 0.6) is 0 Å². The predicted octanol–water partition coefficient (Wildman–Crippen LogP) is 4.17. The first kappa shape index (κ1) is 21.4. The van der Waals surface area contributed by atoms with Crippen molar-refractivity contribution in [3.05, 3.63) is 63.8 Å². The molecule has 0 saturated heterocycles. The Morgan fingerprint density at radius 1 is 1.17 bits per heavy atom. The highest BCUT2D eigenvalue weighted by Crippen LogP contribution is 2.36. The zero-order chi connectivity index (χ0) is 21.2. The van der Waals surface area contributed by atoms with Crippen molar-refractivity contribution < 1.29 is 18.0 Å². The lowest BCUT2D eigenvalue weighted by Crippen LogP contribution is -2.40. The number of hydrogen-bond acceptors (Lipinski definition) is 4. The number of hydrogen-bond donors (Lipinski definition) is 2. The standard InChI is InChI=1S/C18H17Cl2N3O2S.CO2/c1-11-9-23(26(24,25)22-16-5-3-2-4-14(16)20)10-17-18(11)13-8-12(19)6-7-15(13)21-17;2-1-3/h2-8,11,21-22H,9-10H2,1H3;. The number of fused-ring (bicyclic) bond motifs is 3. The topological polar surface area (TPSA) is 99.3 Å². The fraction of sp³-hybridized carbons (Fsp3) is 0.211. The molecule has 1 aromatic heterocycles. The maximum Gasteiger partial charge on any atom is 0.373 e. The van der Waals surface area contributed by atoms with E-state index in [9.17, 15) is 8.42 Å². The summed E-state index contributed by atoms with van der Waals surface area (Å²) in [5, 5.41) is 2.08. The molecule has 1 atom stereocenters. The Labute approximate surface area is 177 Å². The average Bonchev–Trinajstić information content (AvgIpc) is 3.02. The minimum absolute atomic E-state index is 0.0359. The average molecular weight is 454 g/mol. The fourth-order valence-corrected chi connectivity index (χ4v) is 5.21. The van der Waals surface area contributed by atoms with E-state index in [4.69, 9.17) is 32.8 Å². The van der Waals surface area contributed by atoms with Crippen LogP contribution in [0.4, 0.5) is 5.69 Å². The molecule has 0 radical (unpaired) electrons. The maximum atomic E-state index is 12.9. The molecule has 0 aliphatic carbocycles. The van der Waals surface area contributed by atoms with Gasteiger partial charge < -0.3 is 4.98 Å². The fourth-order valence-electron chi connectivity index (χ4n) is 3.50. The van der Waals surface area contributed by atoms with Crippen LogP contribution in [-0.4, -0.2) is 30.4 Å². The number of carbonyl (C=O) groups excluding carboxylic acids is 2. The zero-order valence-electron chi connectivity index (χ0n) is 15.3. The smallest absolute Gasteiger partial charge is 0.357 e. The Bertz CT molecular complexity index is 1190. The normalized spacial score (nSPS) is 16.4. The number of nitrogens with zero attached hydrogens (tertiary/aromatic N) is 1. The van der Waals surface area contributed by atoms with Gasteiger partial charge in [0.2, 0.25) is 0 Å². The number of aromatic amines is 1. The number of benzene rings is 2. The molecule has 7 nitrogen and oxygen atoms in total. The minimum Gasteiger partial charge on any atom is -0.357 e. The number of nitrogens with one attached hydrogen (secondary N) is 2. The van der Waals surface area contributed by atoms with Gasteiger partial charge >= 0.3 is 16.4 Å². The predicted molar refractivity (Wildman–Crippen MR) is 111 cm³/mol. The van der Waals surface area contributed by atoms with Crippen LogP contribution in [0, 0.1) is 0 Å². The molecule has 0 bridgehead atoms. The summed E-state index contributed by atoms with van der Waals surface area (Å²) in [4.78, 5) is 19.6. The maximum absolute atomic E-state index is 12.9. The monoisotopic (exact) mass is 453 g/mol. The summed E-state index contributed by atoms with van der Waals surface area (Å²) < 4.78 is 29.7. The Morgan fingerprint density at radius 2 is 1.86 bits per heavy atom. The summed E-state index contributed by atoms with van der Waals surface area (Å²) >= 11 is 12.2. The molecule has 4 rings (SSSR count). The molecule has 10 heteroatoms. The zero-order valence-corrected chi connectivity index (χ0v) is 17.6. The lowest BCUT2D eigenvalue weighted by Gasteiger charge is -2.30. The summed E-state index contributed by atoms with van der Waals surface area (Å²) in [5.74, 6) is 0.0359. The van der Waals surface area contributed by atoms with E-state index in [1.165, 1.54) is 4.31 Å². The van der Waals surface area contributed by atoms with Crippen LogP contribution in [0.1, 0.15) is 24.1 Å². The second-order valence-corrected chi connectivity index (χ2v) is 9.09. The third-order valence-electron chi connectivity index (χ3n) is 4.64. The second-order valence-electron chi connectivity index (χ2n) is 6.57. The van der Waals surface area contributed by atoms with Gasteiger partial charge in [-0.3, -0.25) is 4.72 Å². The highest BCUT2D eigenvalue weighted by atomic mass is 35.5. The van der Waals surface area contributed by atoms with Crippen molar-refractivity contribution in [3.63, 3.8) is 0 Å². The first-order valence-corrected chi connectivity index (χ1v) is 10.8. The van der Waals surface area contributed by atoms with Gasteiger partial charge in [-0.25, -0.2) is 0 Å². The number of H-pyrrole nitrogens is 1. The van der Waals surface area contributed by atoms with Gasteiger partial charge in [0.25, 0.3) is 0 Å². The summed E-state index contributed by atoms with van der Waals surface area (Å²) in [6, 6.07) is 12.5. The molecule has 1 aliphatic heterocycles. The lowest BCUT2D eigenvalue weighted by molar-refractivity contribution is -0.191. The van der Waals surface area contributed by atoms with Crippen LogP contribution < -0.4 is 4.72 Å². The highest BCUT2D eigenvalue weighted by Gasteiger charge is 2.33. The molecule has 2 heterocycles. The first-order valence-electron chi connectivity index (χ1n) is 8.58. The molecule has 152 valence electrons. The van der Waals surface area contributed by atoms with E-state index in [1.54, 1.807) is 24.3 Å². The molecular formula is C19H17Cl2N3O4S. The van der Waals surface area contributed by atoms with Gasteiger partial charge in [0.15, 0.2) is 0 Å². The van der Waals surface area contributed by atoms with Crippen molar-refractivity contribution in [2.24, 2.45) is 0 Å². The lowest BCUT2D eigenvalue weighted by atomic mass is 9.95. The third-order valence-corrected chi connectivity index (χ3v) is 6.64. The van der Waals surface area contributed by atoms with E-state index in [-0.39, 0.29) is 18.6 Å². The number of rotatable bonds is 3. The minimum atomic E-state index is -3.73. The van der Waals surface area contributed by atoms with E-state index in [0.717, 1.165) is 22.2 Å². The summed E-state index contributed by atoms with van der Waals surface area (Å²) in [7, 11) is -3.73. The second kappa shape index (κ2) is 8.57. The Morgan fingerprint density at radius 3 is 2.55 bits per heavy atom. The molecule has 2 N–H and O–H groups in total. The summed E-state index contributed by atoms with van der Waals surface area (Å²) in [6.07, 6.45) is 0.250. The van der Waals surface area contributed by atoms with Crippen molar-refractivity contribution in [1.82, 2.24) is 9.29 Å². The first-order chi connectivity index (χ1) is 13.8. The van der Waals surface area contributed by atoms with Gasteiger partial charge in [-0.2, -0.15) is 22.3 Å². The quantitative estimate of drug-likeness (QED) is 0.621. The third kappa shape index (κ3) is 4.47. The number of aromatic nitrogens is 1. The largest absolute Gasteiger partial charge is 0.373 e. The number of halogens is 2. The Hall–Kier alpha value is -2.35. The van der Waals surface area contributed by atoms with Crippen LogP contribution in [0.25, 0.3) is 10.9 Å². The van der Waals surface area contributed by atoms with Crippen molar-refractivity contribution >= 4 is 56.2 Å². The van der Waals surface area contributed by atoms with Crippen molar-refractivity contribution in [1.29, 1.82) is 0 Å². The van der Waals surface area contributed by atoms with Crippen molar-refractivity contribution in [3.8, 4) is 0 Å². The molecule has 0 saturated carbocycles. The van der Waals surface area contributed by atoms with Gasteiger partial charge in [-0.05, 0) is 41.8 Å². The number of para-hydroxylation sites is 1. The van der Waals surface area contributed by atoms with E-state index < -0.39 is 10.2 Å². The summed E-state index contributed by atoms with van der Waals surface area (Å²) in [5.41, 5.74) is 3.36. The Balaban J connectivity index is 0.000000755. The van der Waals surface area contributed by atoms with E-state index >= 15 is 0 Å². The van der Waals surface area contributed by atoms with Crippen LogP contribution in [-0.2, 0) is 26.3 Å². The van der Waals surface area contributed by atoms with Crippen LogP contribution in [0.2, 0.25) is 10.0 Å². The van der Waals surface area contributed by atoms with Crippen molar-refractivity contribution in [2.45, 2.75) is 19.4 Å². The van der Waals surface area contributed by atoms with Gasteiger partial charge in [0.1, 0.15) is 0 Å². The van der Waals surface area contributed by atoms with Crippen LogP contribution >= 0.6 is 23.2 Å². The molecule has 0 fully saturated rings. The van der Waals surface area contributed by atoms with Crippen LogP contribution in [0.3, 0.4) is 0 Å². The molecule has 3 aromatic rings. The SMILES string of the molecule is CC1CN(S(=O)(=O)Nc2ccccc2Cl)Cc2[nH]c3ccc(Cl)cc3c21.O=C=O. The molecule has 1 unspecified atom stereocenters. The van der Waals surface area contributed by atoms with Gasteiger partial charge in [0.05, 0.1) is 17.3 Å². The van der Waals surface area contributed by atoms with Crippen molar-refractivity contribution in [2.75, 3.05) is 11.3 Å². The molecule has 0 spiro atoms. The van der Waals surface area contributed by atoms with E-state index in [1.807, 2.05) is 25.1 Å². The van der Waals surface area contributed by atoms with E-state index in [2.05, 4.69) is 9.71 Å². The summed E-state index contributed by atoms with van der Waals surface area (Å²) in [6.45, 7) is 2.67. The number of anilines is 1. The Kier molecular flexibility index (Phi) is 6.31. The highest BCUT2D eigenvalue weighted by molar-refractivity contribution is 7.90. The van der Waals surface area contributed by atoms with E-state index in [0.29, 0.717) is 22.3 Å². The molecule has 1 aliphatic rings. The molecule has 29 heavy (non-hydrogen) atoms. The molecule has 0 amide bonds. The van der Waals surface area contributed by atoms with Crippen LogP contribution in [0.15, 0.2) is 42.5 Å². The molecule has 2 aromatic carbocycles.